The van der Waals surface area contributed by atoms with Crippen LogP contribution >= 0.6 is 0 Å². The maximum atomic E-state index is 13.0. The summed E-state index contributed by atoms with van der Waals surface area (Å²) in [5.41, 5.74) is 3.32. The number of carbonyl (C=O) groups excluding carboxylic acids is 1. The van der Waals surface area contributed by atoms with Gasteiger partial charge < -0.3 is 10.2 Å². The third-order valence-electron chi connectivity index (χ3n) is 5.36. The van der Waals surface area contributed by atoms with E-state index < -0.39 is 0 Å². The van der Waals surface area contributed by atoms with E-state index in [0.29, 0.717) is 12.8 Å². The van der Waals surface area contributed by atoms with E-state index in [4.69, 9.17) is 0 Å². The fraction of sp³-hybridized carbons (Fsp3) is 0.500. The molecule has 0 spiro atoms. The SMILES string of the molecule is O=C(CCc1cc2n(n1)CCNC2)N1CCN(Cc2ccc(F)cc2)CC1. The lowest BCUT2D eigenvalue weighted by Gasteiger charge is -2.34. The molecule has 2 aliphatic heterocycles. The third-order valence-corrected chi connectivity index (χ3v) is 5.36. The van der Waals surface area contributed by atoms with Crippen LogP contribution in [0.3, 0.4) is 0 Å². The van der Waals surface area contributed by atoms with Gasteiger partial charge >= 0.3 is 0 Å². The molecule has 1 aromatic carbocycles. The Balaban J connectivity index is 1.22. The molecule has 144 valence electrons. The lowest BCUT2D eigenvalue weighted by Crippen LogP contribution is -2.48. The molecule has 4 rings (SSSR count). The first kappa shape index (κ1) is 18.1. The number of amides is 1. The van der Waals surface area contributed by atoms with E-state index in [1.807, 2.05) is 21.7 Å². The van der Waals surface area contributed by atoms with E-state index in [-0.39, 0.29) is 11.7 Å². The van der Waals surface area contributed by atoms with E-state index in [9.17, 15) is 9.18 Å². The summed E-state index contributed by atoms with van der Waals surface area (Å²) in [4.78, 5) is 16.8. The van der Waals surface area contributed by atoms with Crippen LogP contribution in [0, 0.1) is 5.82 Å². The van der Waals surface area contributed by atoms with E-state index in [1.165, 1.54) is 17.8 Å². The summed E-state index contributed by atoms with van der Waals surface area (Å²) >= 11 is 0. The number of halogens is 1. The van der Waals surface area contributed by atoms with Gasteiger partial charge in [-0.05, 0) is 23.8 Å². The Bertz CT molecular complexity index is 757. The molecular formula is C20H26FN5O. The molecule has 0 atom stereocenters. The van der Waals surface area contributed by atoms with Crippen LogP contribution in [0.2, 0.25) is 0 Å². The smallest absolute Gasteiger partial charge is 0.223 e. The van der Waals surface area contributed by atoms with Crippen molar-refractivity contribution in [3.8, 4) is 0 Å². The van der Waals surface area contributed by atoms with Crippen molar-refractivity contribution in [2.24, 2.45) is 0 Å². The summed E-state index contributed by atoms with van der Waals surface area (Å²) in [6.45, 7) is 6.73. The normalized spacial score (nSPS) is 17.7. The summed E-state index contributed by atoms with van der Waals surface area (Å²) in [5.74, 6) is 0.00419. The molecule has 1 saturated heterocycles. The number of hydrogen-bond donors (Lipinski definition) is 1. The van der Waals surface area contributed by atoms with Gasteiger partial charge in [0.2, 0.25) is 5.91 Å². The molecule has 0 unspecified atom stereocenters. The van der Waals surface area contributed by atoms with Crippen molar-refractivity contribution < 1.29 is 9.18 Å². The standard InChI is InChI=1S/C20H26FN5O/c21-17-3-1-16(2-4-17)15-24-9-11-25(12-10-24)20(27)6-5-18-13-19-14-22-7-8-26(19)23-18/h1-4,13,22H,5-12,14-15H2. The predicted octanol–water partition coefficient (Wildman–Crippen LogP) is 1.40. The van der Waals surface area contributed by atoms with E-state index >= 15 is 0 Å². The molecule has 0 saturated carbocycles. The fourth-order valence-electron chi connectivity index (χ4n) is 3.77. The van der Waals surface area contributed by atoms with Crippen molar-refractivity contribution >= 4 is 5.91 Å². The zero-order valence-electron chi connectivity index (χ0n) is 15.5. The monoisotopic (exact) mass is 371 g/mol. The van der Waals surface area contributed by atoms with E-state index in [0.717, 1.165) is 63.6 Å². The second-order valence-corrected chi connectivity index (χ2v) is 7.31. The minimum Gasteiger partial charge on any atom is -0.340 e. The number of piperazine rings is 1. The molecule has 7 heteroatoms. The van der Waals surface area contributed by atoms with Gasteiger partial charge in [-0.1, -0.05) is 12.1 Å². The third kappa shape index (κ3) is 4.54. The van der Waals surface area contributed by atoms with Crippen molar-refractivity contribution in [1.29, 1.82) is 0 Å². The van der Waals surface area contributed by atoms with Crippen molar-refractivity contribution in [2.75, 3.05) is 32.7 Å². The largest absolute Gasteiger partial charge is 0.340 e. The van der Waals surface area contributed by atoms with Gasteiger partial charge in [0.1, 0.15) is 5.82 Å². The van der Waals surface area contributed by atoms with Crippen LogP contribution in [0.5, 0.6) is 0 Å². The average Bonchev–Trinajstić information content (AvgIpc) is 3.11. The molecule has 1 amide bonds. The Kier molecular flexibility index (Phi) is 5.50. The first-order valence-corrected chi connectivity index (χ1v) is 9.68. The van der Waals surface area contributed by atoms with E-state index in [2.05, 4.69) is 21.4 Å². The highest BCUT2D eigenvalue weighted by Gasteiger charge is 2.21. The van der Waals surface area contributed by atoms with Gasteiger partial charge in [-0.15, -0.1) is 0 Å². The van der Waals surface area contributed by atoms with Gasteiger partial charge in [-0.2, -0.15) is 5.10 Å². The first-order chi connectivity index (χ1) is 13.2. The van der Waals surface area contributed by atoms with Crippen LogP contribution in [-0.2, 0) is 30.8 Å². The summed E-state index contributed by atoms with van der Waals surface area (Å²) in [6.07, 6.45) is 1.22. The molecule has 1 N–H and O–H groups in total. The number of nitrogens with zero attached hydrogens (tertiary/aromatic N) is 4. The molecule has 2 aromatic rings. The number of nitrogens with one attached hydrogen (secondary N) is 1. The summed E-state index contributed by atoms with van der Waals surface area (Å²) in [6, 6.07) is 8.76. The minimum atomic E-state index is -0.205. The first-order valence-electron chi connectivity index (χ1n) is 9.68. The Morgan fingerprint density at radius 3 is 2.63 bits per heavy atom. The number of carbonyl (C=O) groups is 1. The van der Waals surface area contributed by atoms with Gasteiger partial charge in [0.25, 0.3) is 0 Å². The van der Waals surface area contributed by atoms with Crippen molar-refractivity contribution in [1.82, 2.24) is 24.9 Å². The lowest BCUT2D eigenvalue weighted by atomic mass is 10.1. The van der Waals surface area contributed by atoms with Crippen LogP contribution in [-0.4, -0.2) is 58.2 Å². The molecule has 1 aromatic heterocycles. The molecule has 0 aliphatic carbocycles. The highest BCUT2D eigenvalue weighted by atomic mass is 19.1. The lowest BCUT2D eigenvalue weighted by molar-refractivity contribution is -0.133. The summed E-state index contributed by atoms with van der Waals surface area (Å²) < 4.78 is 15.0. The number of aryl methyl sites for hydroxylation is 1. The van der Waals surface area contributed by atoms with Crippen LogP contribution in [0.25, 0.3) is 0 Å². The van der Waals surface area contributed by atoms with Gasteiger partial charge in [-0.3, -0.25) is 14.4 Å². The zero-order valence-corrected chi connectivity index (χ0v) is 15.5. The van der Waals surface area contributed by atoms with Crippen LogP contribution in [0.4, 0.5) is 4.39 Å². The average molecular weight is 371 g/mol. The van der Waals surface area contributed by atoms with Gasteiger partial charge in [0.05, 0.1) is 17.9 Å². The second kappa shape index (κ2) is 8.19. The van der Waals surface area contributed by atoms with Gasteiger partial charge in [-0.25, -0.2) is 4.39 Å². The Hall–Kier alpha value is -2.25. The second-order valence-electron chi connectivity index (χ2n) is 7.31. The number of benzene rings is 1. The molecule has 6 nitrogen and oxygen atoms in total. The van der Waals surface area contributed by atoms with Crippen LogP contribution < -0.4 is 5.32 Å². The molecule has 27 heavy (non-hydrogen) atoms. The molecule has 1 fully saturated rings. The molecule has 0 radical (unpaired) electrons. The maximum absolute atomic E-state index is 13.0. The Morgan fingerprint density at radius 1 is 1.11 bits per heavy atom. The fourth-order valence-corrected chi connectivity index (χ4v) is 3.77. The van der Waals surface area contributed by atoms with E-state index in [1.54, 1.807) is 0 Å². The highest BCUT2D eigenvalue weighted by molar-refractivity contribution is 5.76. The maximum Gasteiger partial charge on any atom is 0.223 e. The Morgan fingerprint density at radius 2 is 1.89 bits per heavy atom. The van der Waals surface area contributed by atoms with Gasteiger partial charge in [0.15, 0.2) is 0 Å². The van der Waals surface area contributed by atoms with Crippen molar-refractivity contribution in [3.63, 3.8) is 0 Å². The number of rotatable bonds is 5. The Labute approximate surface area is 158 Å². The van der Waals surface area contributed by atoms with Crippen molar-refractivity contribution in [2.45, 2.75) is 32.5 Å². The quantitative estimate of drug-likeness (QED) is 0.863. The number of hydrogen-bond acceptors (Lipinski definition) is 4. The van der Waals surface area contributed by atoms with Gasteiger partial charge in [0, 0.05) is 58.7 Å². The minimum absolute atomic E-state index is 0.205. The zero-order chi connectivity index (χ0) is 18.6. The predicted molar refractivity (Wildman–Crippen MR) is 101 cm³/mol. The highest BCUT2D eigenvalue weighted by Crippen LogP contribution is 2.13. The molecule has 3 heterocycles. The number of fused-ring (bicyclic) bond motifs is 1. The summed E-state index contributed by atoms with van der Waals surface area (Å²) in [7, 11) is 0. The van der Waals surface area contributed by atoms with Crippen molar-refractivity contribution in [3.05, 3.63) is 53.1 Å². The topological polar surface area (TPSA) is 53.4 Å². The number of aromatic nitrogens is 2. The van der Waals surface area contributed by atoms with Crippen LogP contribution in [0.15, 0.2) is 30.3 Å². The summed E-state index contributed by atoms with van der Waals surface area (Å²) in [5, 5.41) is 7.94. The molecular weight excluding hydrogens is 345 g/mol. The van der Waals surface area contributed by atoms with Crippen LogP contribution in [0.1, 0.15) is 23.4 Å². The molecule has 0 bridgehead atoms. The molecule has 2 aliphatic rings.